The van der Waals surface area contributed by atoms with E-state index in [2.05, 4.69) is 11.8 Å². The topological polar surface area (TPSA) is 92.8 Å². The Bertz CT molecular complexity index is 860. The predicted molar refractivity (Wildman–Crippen MR) is 110 cm³/mol. The smallest absolute Gasteiger partial charge is 0.325 e. The Balaban J connectivity index is 1.80. The van der Waals surface area contributed by atoms with Crippen LogP contribution in [-0.4, -0.2) is 28.1 Å². The Morgan fingerprint density at radius 1 is 1.26 bits per heavy atom. The second-order valence-electron chi connectivity index (χ2n) is 6.97. The summed E-state index contributed by atoms with van der Waals surface area (Å²) in [4.78, 5) is 20.1. The van der Waals surface area contributed by atoms with Gasteiger partial charge in [0, 0.05) is 10.4 Å². The van der Waals surface area contributed by atoms with Crippen molar-refractivity contribution in [1.82, 2.24) is 0 Å². The van der Waals surface area contributed by atoms with Crippen LogP contribution in [-0.2, 0) is 11.0 Å². The van der Waals surface area contributed by atoms with E-state index in [1.54, 1.807) is 11.3 Å². The molecule has 0 amide bonds. The molecule has 0 saturated carbocycles. The molecule has 7 heteroatoms. The average Bonchev–Trinajstić information content (AvgIpc) is 3.03. The molecule has 0 fully saturated rings. The highest BCUT2D eigenvalue weighted by molar-refractivity contribution is 7.51. The van der Waals surface area contributed by atoms with E-state index >= 15 is 0 Å². The van der Waals surface area contributed by atoms with Crippen molar-refractivity contribution in [2.75, 3.05) is 12.8 Å². The minimum Gasteiger partial charge on any atom is -0.481 e. The summed E-state index contributed by atoms with van der Waals surface area (Å²) in [6.45, 7) is 4.18. The molecule has 0 radical (unpaired) electrons. The molecule has 2 rings (SSSR count). The second-order valence-corrected chi connectivity index (χ2v) is 9.91. The first-order chi connectivity index (χ1) is 12.6. The lowest BCUT2D eigenvalue weighted by Gasteiger charge is -2.24. The highest BCUT2D eigenvalue weighted by atomic mass is 32.1. The van der Waals surface area contributed by atoms with Gasteiger partial charge in [-0.25, -0.2) is 0 Å². The molecule has 27 heavy (non-hydrogen) atoms. The molecular formula is C20H26NO4PS. The molecule has 146 valence electrons. The van der Waals surface area contributed by atoms with Gasteiger partial charge >= 0.3 is 7.60 Å². The third-order valence-corrected chi connectivity index (χ3v) is 5.96. The molecule has 0 saturated heterocycles. The maximum Gasteiger partial charge on any atom is 0.325 e. The maximum absolute atomic E-state index is 11.0. The first kappa shape index (κ1) is 21.7. The summed E-state index contributed by atoms with van der Waals surface area (Å²) in [6, 6.07) is 11.9. The molecule has 0 aliphatic rings. The Morgan fingerprint density at radius 2 is 2.04 bits per heavy atom. The number of benzene rings is 1. The second kappa shape index (κ2) is 9.54. The van der Waals surface area contributed by atoms with Crippen molar-refractivity contribution in [3.8, 4) is 17.6 Å². The molecule has 1 unspecified atom stereocenters. The Labute approximate surface area is 164 Å². The summed E-state index contributed by atoms with van der Waals surface area (Å²) in [5.41, 5.74) is 6.71. The lowest BCUT2D eigenvalue weighted by molar-refractivity contribution is 0.354. The number of aryl methyl sites for hydroxylation is 2. The van der Waals surface area contributed by atoms with E-state index in [1.807, 2.05) is 50.2 Å². The van der Waals surface area contributed by atoms with Crippen LogP contribution in [0.4, 0.5) is 0 Å². The van der Waals surface area contributed by atoms with Gasteiger partial charge in [0.1, 0.15) is 12.4 Å². The van der Waals surface area contributed by atoms with Crippen molar-refractivity contribution >= 4 is 18.9 Å². The van der Waals surface area contributed by atoms with Crippen LogP contribution in [0.3, 0.4) is 0 Å². The monoisotopic (exact) mass is 407 g/mol. The zero-order valence-electron chi connectivity index (χ0n) is 15.6. The number of hydrogen-bond donors (Lipinski definition) is 3. The Morgan fingerprint density at radius 3 is 2.74 bits per heavy atom. The molecular weight excluding hydrogens is 381 g/mol. The number of hydrogen-bond acceptors (Lipinski definition) is 4. The largest absolute Gasteiger partial charge is 0.481 e. The summed E-state index contributed by atoms with van der Waals surface area (Å²) in [5.74, 6) is 6.93. The summed E-state index contributed by atoms with van der Waals surface area (Å²) in [7, 11) is -4.00. The molecule has 0 aliphatic carbocycles. The number of ether oxygens (including phenoxy) is 1. The quantitative estimate of drug-likeness (QED) is 0.458. The van der Waals surface area contributed by atoms with Gasteiger partial charge in [-0.2, -0.15) is 0 Å². The van der Waals surface area contributed by atoms with Crippen molar-refractivity contribution in [3.63, 3.8) is 0 Å². The lowest BCUT2D eigenvalue weighted by Crippen LogP contribution is -2.37. The van der Waals surface area contributed by atoms with Gasteiger partial charge in [-0.15, -0.1) is 11.3 Å². The third-order valence-electron chi connectivity index (χ3n) is 4.09. The van der Waals surface area contributed by atoms with Crippen LogP contribution < -0.4 is 10.5 Å². The highest BCUT2D eigenvalue weighted by Crippen LogP contribution is 2.37. The fourth-order valence-corrected chi connectivity index (χ4v) is 4.15. The van der Waals surface area contributed by atoms with Gasteiger partial charge in [0.15, 0.2) is 0 Å². The Hall–Kier alpha value is -1.61. The van der Waals surface area contributed by atoms with Crippen LogP contribution in [0.25, 0.3) is 0 Å². The van der Waals surface area contributed by atoms with E-state index in [4.69, 9.17) is 20.3 Å². The molecule has 2 aromatic rings. The van der Waals surface area contributed by atoms with Crippen molar-refractivity contribution in [2.24, 2.45) is 5.73 Å². The molecule has 1 heterocycles. The van der Waals surface area contributed by atoms with E-state index in [9.17, 15) is 4.57 Å². The van der Waals surface area contributed by atoms with Crippen LogP contribution in [0.1, 0.15) is 35.1 Å². The maximum atomic E-state index is 11.0. The first-order valence-electron chi connectivity index (χ1n) is 8.73. The van der Waals surface area contributed by atoms with Crippen LogP contribution >= 0.6 is 18.9 Å². The van der Waals surface area contributed by atoms with E-state index < -0.39 is 13.1 Å². The van der Waals surface area contributed by atoms with Gasteiger partial charge in [0.2, 0.25) is 0 Å². The average molecular weight is 407 g/mol. The van der Waals surface area contributed by atoms with E-state index in [0.717, 1.165) is 27.5 Å². The summed E-state index contributed by atoms with van der Waals surface area (Å²) >= 11 is 1.61. The van der Waals surface area contributed by atoms with Crippen molar-refractivity contribution in [3.05, 3.63) is 51.7 Å². The minimum atomic E-state index is -4.00. The molecule has 5 nitrogen and oxygen atoms in total. The van der Waals surface area contributed by atoms with Gasteiger partial charge in [-0.3, -0.25) is 4.57 Å². The molecule has 4 N–H and O–H groups in total. The van der Waals surface area contributed by atoms with Crippen molar-refractivity contribution in [2.45, 2.75) is 38.6 Å². The van der Waals surface area contributed by atoms with Gasteiger partial charge < -0.3 is 20.3 Å². The standard InChI is InChI=1S/C20H26NO4PS/c1-16-5-3-6-17(15-16)25-13-4-7-18-8-9-19(27-18)10-11-20(2,21)12-14-26(22,23)24/h3,5-6,8-9,15H,10-14,21H2,1-2H3,(H2,22,23,24). The SMILES string of the molecule is Cc1cccc(OCC#Cc2ccc(CCC(C)(N)CCP(=O)(O)O)s2)c1. The van der Waals surface area contributed by atoms with Crippen LogP contribution in [0.15, 0.2) is 36.4 Å². The number of thiophene rings is 1. The fraction of sp³-hybridized carbons (Fsp3) is 0.400. The third kappa shape index (κ3) is 8.75. The molecule has 1 aromatic carbocycles. The van der Waals surface area contributed by atoms with E-state index in [1.165, 1.54) is 0 Å². The zero-order chi connectivity index (χ0) is 19.9. The van der Waals surface area contributed by atoms with Gasteiger partial charge in [-0.1, -0.05) is 24.0 Å². The van der Waals surface area contributed by atoms with E-state index in [-0.39, 0.29) is 6.16 Å². The summed E-state index contributed by atoms with van der Waals surface area (Å²) < 4.78 is 16.6. The molecule has 0 spiro atoms. The first-order valence-corrected chi connectivity index (χ1v) is 11.3. The number of rotatable bonds is 8. The minimum absolute atomic E-state index is 0.178. The van der Waals surface area contributed by atoms with Crippen LogP contribution in [0.5, 0.6) is 5.75 Å². The normalized spacial score (nSPS) is 13.5. The molecule has 0 aliphatic heterocycles. The van der Waals surface area contributed by atoms with Crippen LogP contribution in [0, 0.1) is 18.8 Å². The van der Waals surface area contributed by atoms with Gasteiger partial charge in [0.25, 0.3) is 0 Å². The predicted octanol–water partition coefficient (Wildman–Crippen LogP) is 3.70. The highest BCUT2D eigenvalue weighted by Gasteiger charge is 2.23. The zero-order valence-corrected chi connectivity index (χ0v) is 17.4. The lowest BCUT2D eigenvalue weighted by atomic mass is 9.94. The molecule has 1 aromatic heterocycles. The summed E-state index contributed by atoms with van der Waals surface area (Å²) in [6.07, 6.45) is 1.55. The van der Waals surface area contributed by atoms with E-state index in [0.29, 0.717) is 19.4 Å². The van der Waals surface area contributed by atoms with Crippen molar-refractivity contribution in [1.29, 1.82) is 0 Å². The van der Waals surface area contributed by atoms with Crippen LogP contribution in [0.2, 0.25) is 0 Å². The Kier molecular flexibility index (Phi) is 7.67. The fourth-order valence-electron chi connectivity index (χ4n) is 2.46. The van der Waals surface area contributed by atoms with Gasteiger partial charge in [0.05, 0.1) is 11.0 Å². The summed E-state index contributed by atoms with van der Waals surface area (Å²) in [5, 5.41) is 0. The number of nitrogens with two attached hydrogens (primary N) is 1. The van der Waals surface area contributed by atoms with Crippen molar-refractivity contribution < 1.29 is 19.1 Å². The molecule has 1 atom stereocenters. The molecule has 0 bridgehead atoms. The van der Waals surface area contributed by atoms with Gasteiger partial charge in [-0.05, 0) is 62.9 Å².